The van der Waals surface area contributed by atoms with Gasteiger partial charge in [0.2, 0.25) is 0 Å². The highest BCUT2D eigenvalue weighted by Gasteiger charge is 2.14. The maximum absolute atomic E-state index is 5.10. The molecule has 1 heterocycles. The van der Waals surface area contributed by atoms with Crippen LogP contribution in [0.15, 0.2) is 23.5 Å². The van der Waals surface area contributed by atoms with Gasteiger partial charge in [0.05, 0.1) is 6.54 Å². The molecule has 0 aromatic heterocycles. The summed E-state index contributed by atoms with van der Waals surface area (Å²) in [7, 11) is 0. The molecule has 56 valence electrons. The molecule has 2 rings (SSSR count). The van der Waals surface area contributed by atoms with Crippen molar-refractivity contribution in [2.45, 2.75) is 12.8 Å². The standard InChI is InChI=1S/C7H9NO.BrH/c1-2-4-7-6(3-1)5-8-9-7;/h2,4,8H,1,3,5H2;1H. The quantitative estimate of drug-likeness (QED) is 0.648. The minimum Gasteiger partial charge on any atom is -0.408 e. The molecule has 0 amide bonds. The fourth-order valence-electron chi connectivity index (χ4n) is 1.17. The Morgan fingerprint density at radius 1 is 1.50 bits per heavy atom. The van der Waals surface area contributed by atoms with Gasteiger partial charge in [-0.05, 0) is 24.5 Å². The third-order valence-corrected chi connectivity index (χ3v) is 1.70. The van der Waals surface area contributed by atoms with Crippen LogP contribution in [0.25, 0.3) is 0 Å². The van der Waals surface area contributed by atoms with Crippen LogP contribution in [0.4, 0.5) is 0 Å². The van der Waals surface area contributed by atoms with Crippen LogP contribution in [0.1, 0.15) is 12.8 Å². The van der Waals surface area contributed by atoms with Gasteiger partial charge in [-0.15, -0.1) is 17.0 Å². The zero-order chi connectivity index (χ0) is 6.10. The zero-order valence-electron chi connectivity index (χ0n) is 5.59. The normalized spacial score (nSPS) is 21.6. The molecule has 0 aromatic carbocycles. The number of hydrogen-bond donors (Lipinski definition) is 1. The van der Waals surface area contributed by atoms with E-state index in [1.165, 1.54) is 18.4 Å². The van der Waals surface area contributed by atoms with E-state index < -0.39 is 0 Å². The summed E-state index contributed by atoms with van der Waals surface area (Å²) in [5.74, 6) is 1.04. The van der Waals surface area contributed by atoms with Crippen molar-refractivity contribution in [2.75, 3.05) is 6.54 Å². The lowest BCUT2D eigenvalue weighted by Gasteiger charge is -2.02. The van der Waals surface area contributed by atoms with Gasteiger partial charge < -0.3 is 4.84 Å². The molecule has 2 aliphatic rings. The largest absolute Gasteiger partial charge is 0.408 e. The Hall–Kier alpha value is -0.280. The molecule has 2 nitrogen and oxygen atoms in total. The van der Waals surface area contributed by atoms with E-state index in [1.807, 2.05) is 6.08 Å². The van der Waals surface area contributed by atoms with Crippen molar-refractivity contribution in [3.8, 4) is 0 Å². The van der Waals surface area contributed by atoms with Crippen molar-refractivity contribution in [1.29, 1.82) is 0 Å². The third-order valence-electron chi connectivity index (χ3n) is 1.70. The topological polar surface area (TPSA) is 21.3 Å². The Balaban J connectivity index is 0.000000500. The van der Waals surface area contributed by atoms with E-state index >= 15 is 0 Å². The summed E-state index contributed by atoms with van der Waals surface area (Å²) in [4.78, 5) is 5.10. The van der Waals surface area contributed by atoms with Crippen molar-refractivity contribution >= 4 is 17.0 Å². The van der Waals surface area contributed by atoms with Gasteiger partial charge in [0.25, 0.3) is 0 Å². The van der Waals surface area contributed by atoms with Crippen molar-refractivity contribution in [3.63, 3.8) is 0 Å². The summed E-state index contributed by atoms with van der Waals surface area (Å²) in [6, 6.07) is 0. The lowest BCUT2D eigenvalue weighted by molar-refractivity contribution is 0.149. The highest BCUT2D eigenvalue weighted by molar-refractivity contribution is 8.93. The molecule has 0 atom stereocenters. The van der Waals surface area contributed by atoms with Crippen molar-refractivity contribution in [1.82, 2.24) is 5.48 Å². The summed E-state index contributed by atoms with van der Waals surface area (Å²) in [6.07, 6.45) is 6.52. The fraction of sp³-hybridized carbons (Fsp3) is 0.429. The van der Waals surface area contributed by atoms with Gasteiger partial charge in [-0.3, -0.25) is 0 Å². The van der Waals surface area contributed by atoms with E-state index in [0.717, 1.165) is 12.3 Å². The van der Waals surface area contributed by atoms with E-state index in [1.54, 1.807) is 0 Å². The Labute approximate surface area is 70.7 Å². The SMILES string of the molecule is Br.C1=CC2=C(CC1)CNO2. The van der Waals surface area contributed by atoms with Crippen molar-refractivity contribution in [3.05, 3.63) is 23.5 Å². The molecule has 1 N–H and O–H groups in total. The lowest BCUT2D eigenvalue weighted by atomic mass is 10.0. The molecule has 3 heteroatoms. The molecule has 0 spiro atoms. The van der Waals surface area contributed by atoms with Gasteiger partial charge in [-0.25, -0.2) is 0 Å². The van der Waals surface area contributed by atoms with Gasteiger partial charge in [0, 0.05) is 0 Å². The van der Waals surface area contributed by atoms with E-state index in [-0.39, 0.29) is 17.0 Å². The first-order valence-electron chi connectivity index (χ1n) is 3.25. The van der Waals surface area contributed by atoms with E-state index in [4.69, 9.17) is 4.84 Å². The van der Waals surface area contributed by atoms with Crippen molar-refractivity contribution < 1.29 is 4.84 Å². The first-order chi connectivity index (χ1) is 4.47. The number of halogens is 1. The van der Waals surface area contributed by atoms with Crippen LogP contribution in [0, 0.1) is 0 Å². The van der Waals surface area contributed by atoms with E-state index in [0.29, 0.717) is 0 Å². The van der Waals surface area contributed by atoms with Crippen LogP contribution < -0.4 is 5.48 Å². The smallest absolute Gasteiger partial charge is 0.147 e. The first-order valence-corrected chi connectivity index (χ1v) is 3.25. The molecule has 0 aromatic rings. The highest BCUT2D eigenvalue weighted by atomic mass is 79.9. The van der Waals surface area contributed by atoms with Crippen LogP contribution in [0.3, 0.4) is 0 Å². The summed E-state index contributed by atoms with van der Waals surface area (Å²) >= 11 is 0. The van der Waals surface area contributed by atoms with Crippen molar-refractivity contribution in [2.24, 2.45) is 0 Å². The van der Waals surface area contributed by atoms with Gasteiger partial charge in [0.1, 0.15) is 5.76 Å². The van der Waals surface area contributed by atoms with Gasteiger partial charge in [0.15, 0.2) is 0 Å². The van der Waals surface area contributed by atoms with Gasteiger partial charge in [-0.2, -0.15) is 5.48 Å². The van der Waals surface area contributed by atoms with Crippen LogP contribution >= 0.6 is 17.0 Å². The Kier molecular flexibility index (Phi) is 2.51. The molecular weight excluding hydrogens is 194 g/mol. The molecule has 0 fully saturated rings. The second-order valence-corrected chi connectivity index (χ2v) is 2.33. The maximum atomic E-state index is 5.10. The highest BCUT2D eigenvalue weighted by Crippen LogP contribution is 2.21. The number of hydrogen-bond acceptors (Lipinski definition) is 2. The number of rotatable bonds is 0. The Morgan fingerprint density at radius 2 is 2.40 bits per heavy atom. The maximum Gasteiger partial charge on any atom is 0.147 e. The predicted molar refractivity (Wildman–Crippen MR) is 44.8 cm³/mol. The average molecular weight is 204 g/mol. The average Bonchev–Trinajstić information content (AvgIpc) is 2.33. The van der Waals surface area contributed by atoms with E-state index in [9.17, 15) is 0 Å². The summed E-state index contributed by atoms with van der Waals surface area (Å²) in [5.41, 5.74) is 4.25. The fourth-order valence-corrected chi connectivity index (χ4v) is 1.17. The number of hydroxylamine groups is 1. The molecule has 0 saturated heterocycles. The minimum absolute atomic E-state index is 0. The second-order valence-electron chi connectivity index (χ2n) is 2.33. The summed E-state index contributed by atoms with van der Waals surface area (Å²) in [5, 5.41) is 0. The van der Waals surface area contributed by atoms with Crippen LogP contribution in [0.5, 0.6) is 0 Å². The molecule has 0 radical (unpaired) electrons. The van der Waals surface area contributed by atoms with Gasteiger partial charge in [-0.1, -0.05) is 6.08 Å². The monoisotopic (exact) mass is 203 g/mol. The second kappa shape index (κ2) is 3.21. The Morgan fingerprint density at radius 3 is 3.20 bits per heavy atom. The molecule has 10 heavy (non-hydrogen) atoms. The predicted octanol–water partition coefficient (Wildman–Crippen LogP) is 1.70. The number of allylic oxidation sites excluding steroid dienone is 2. The van der Waals surface area contributed by atoms with Crippen LogP contribution in [-0.2, 0) is 4.84 Å². The third kappa shape index (κ3) is 1.25. The lowest BCUT2D eigenvalue weighted by Crippen LogP contribution is -2.05. The zero-order valence-corrected chi connectivity index (χ0v) is 7.31. The molecular formula is C7H10BrNO. The molecule has 0 unspecified atom stereocenters. The molecule has 0 saturated carbocycles. The molecule has 0 bridgehead atoms. The van der Waals surface area contributed by atoms with E-state index in [2.05, 4.69) is 11.6 Å². The van der Waals surface area contributed by atoms with Crippen LogP contribution in [0.2, 0.25) is 0 Å². The Bertz CT molecular complexity index is 186. The summed E-state index contributed by atoms with van der Waals surface area (Å²) in [6.45, 7) is 0.916. The molecule has 1 aliphatic carbocycles. The van der Waals surface area contributed by atoms with Crippen LogP contribution in [-0.4, -0.2) is 6.54 Å². The molecule has 1 aliphatic heterocycles. The first kappa shape index (κ1) is 7.82. The van der Waals surface area contributed by atoms with Gasteiger partial charge >= 0.3 is 0 Å². The minimum atomic E-state index is 0. The summed E-state index contributed by atoms with van der Waals surface area (Å²) < 4.78 is 0. The number of nitrogens with one attached hydrogen (secondary N) is 1.